The molecular formula is C18H23N3O3. The molecule has 24 heavy (non-hydrogen) atoms. The standard InChI is InChI=1S/C18H23N3O3/c1-3-15-14(10-16(24-15)18(22)23)11-21-8-5-13(6-9-21)17-19-7-4-12(2)20-17/h4,7,10,13H,3,5-6,8-9,11H2,1-2H3,(H,22,23). The van der Waals surface area contributed by atoms with Gasteiger partial charge in [0.25, 0.3) is 0 Å². The summed E-state index contributed by atoms with van der Waals surface area (Å²) in [6.45, 7) is 6.62. The highest BCUT2D eigenvalue weighted by Gasteiger charge is 2.24. The molecule has 0 spiro atoms. The molecule has 0 atom stereocenters. The van der Waals surface area contributed by atoms with Crippen LogP contribution in [-0.2, 0) is 13.0 Å². The molecule has 1 aliphatic heterocycles. The Morgan fingerprint density at radius 3 is 2.79 bits per heavy atom. The van der Waals surface area contributed by atoms with Crippen LogP contribution in [0, 0.1) is 6.92 Å². The van der Waals surface area contributed by atoms with E-state index in [2.05, 4.69) is 14.9 Å². The van der Waals surface area contributed by atoms with Crippen molar-refractivity contribution in [3.8, 4) is 0 Å². The molecule has 128 valence electrons. The first-order valence-corrected chi connectivity index (χ1v) is 8.43. The number of aromatic nitrogens is 2. The van der Waals surface area contributed by atoms with Gasteiger partial charge >= 0.3 is 5.97 Å². The number of carbonyl (C=O) groups is 1. The Morgan fingerprint density at radius 1 is 1.42 bits per heavy atom. The van der Waals surface area contributed by atoms with Crippen LogP contribution < -0.4 is 0 Å². The first-order valence-electron chi connectivity index (χ1n) is 8.43. The third kappa shape index (κ3) is 3.64. The van der Waals surface area contributed by atoms with Gasteiger partial charge in [0.1, 0.15) is 11.6 Å². The van der Waals surface area contributed by atoms with E-state index in [9.17, 15) is 4.79 Å². The molecule has 2 aromatic heterocycles. The highest BCUT2D eigenvalue weighted by atomic mass is 16.4. The molecule has 0 saturated carbocycles. The van der Waals surface area contributed by atoms with Crippen LogP contribution >= 0.6 is 0 Å². The van der Waals surface area contributed by atoms with Crippen LogP contribution in [0.5, 0.6) is 0 Å². The number of nitrogens with zero attached hydrogens (tertiary/aromatic N) is 3. The zero-order valence-electron chi connectivity index (χ0n) is 14.2. The molecule has 3 rings (SSSR count). The molecule has 6 nitrogen and oxygen atoms in total. The summed E-state index contributed by atoms with van der Waals surface area (Å²) < 4.78 is 5.42. The topological polar surface area (TPSA) is 79.5 Å². The van der Waals surface area contributed by atoms with Gasteiger partial charge in [0, 0.05) is 36.3 Å². The molecule has 1 fully saturated rings. The van der Waals surface area contributed by atoms with Crippen LogP contribution in [0.15, 0.2) is 22.7 Å². The fraction of sp³-hybridized carbons (Fsp3) is 0.500. The van der Waals surface area contributed by atoms with E-state index < -0.39 is 5.97 Å². The van der Waals surface area contributed by atoms with E-state index >= 15 is 0 Å². The van der Waals surface area contributed by atoms with Gasteiger partial charge in [-0.15, -0.1) is 0 Å². The summed E-state index contributed by atoms with van der Waals surface area (Å²) in [4.78, 5) is 22.4. The van der Waals surface area contributed by atoms with Gasteiger partial charge in [0.05, 0.1) is 0 Å². The number of aromatic carboxylic acids is 1. The van der Waals surface area contributed by atoms with E-state index in [1.54, 1.807) is 6.07 Å². The van der Waals surface area contributed by atoms with Gasteiger partial charge in [-0.25, -0.2) is 14.8 Å². The summed E-state index contributed by atoms with van der Waals surface area (Å²) in [5, 5.41) is 9.09. The maximum atomic E-state index is 11.1. The summed E-state index contributed by atoms with van der Waals surface area (Å²) in [7, 11) is 0. The molecule has 1 N–H and O–H groups in total. The molecule has 0 aliphatic carbocycles. The van der Waals surface area contributed by atoms with Crippen LogP contribution in [0.1, 0.15) is 59.1 Å². The third-order valence-electron chi connectivity index (χ3n) is 4.59. The number of hydrogen-bond acceptors (Lipinski definition) is 5. The van der Waals surface area contributed by atoms with E-state index in [4.69, 9.17) is 9.52 Å². The maximum absolute atomic E-state index is 11.1. The van der Waals surface area contributed by atoms with Crippen molar-refractivity contribution in [1.29, 1.82) is 0 Å². The lowest BCUT2D eigenvalue weighted by atomic mass is 9.95. The average molecular weight is 329 g/mol. The second-order valence-electron chi connectivity index (χ2n) is 6.32. The van der Waals surface area contributed by atoms with Crippen LogP contribution in [0.25, 0.3) is 0 Å². The van der Waals surface area contributed by atoms with Crippen molar-refractivity contribution >= 4 is 5.97 Å². The van der Waals surface area contributed by atoms with E-state index in [0.717, 1.165) is 55.3 Å². The Hall–Kier alpha value is -2.21. The minimum atomic E-state index is -1.01. The van der Waals surface area contributed by atoms with Gasteiger partial charge in [0.2, 0.25) is 5.76 Å². The maximum Gasteiger partial charge on any atom is 0.371 e. The fourth-order valence-electron chi connectivity index (χ4n) is 3.26. The molecule has 0 aromatic carbocycles. The SMILES string of the molecule is CCc1oc(C(=O)O)cc1CN1CCC(c2nccc(C)n2)CC1. The molecule has 0 unspecified atom stereocenters. The van der Waals surface area contributed by atoms with Gasteiger partial charge < -0.3 is 9.52 Å². The number of likely N-dealkylation sites (tertiary alicyclic amines) is 1. The summed E-state index contributed by atoms with van der Waals surface area (Å²) in [5.41, 5.74) is 2.00. The summed E-state index contributed by atoms with van der Waals surface area (Å²) in [6.07, 6.45) is 4.58. The van der Waals surface area contributed by atoms with Crippen LogP contribution in [0.3, 0.4) is 0 Å². The predicted molar refractivity (Wildman–Crippen MR) is 89.1 cm³/mol. The second kappa shape index (κ2) is 7.13. The van der Waals surface area contributed by atoms with Crippen molar-refractivity contribution in [2.24, 2.45) is 0 Å². The van der Waals surface area contributed by atoms with Crippen molar-refractivity contribution in [3.05, 3.63) is 46.9 Å². The monoisotopic (exact) mass is 329 g/mol. The van der Waals surface area contributed by atoms with Gasteiger partial charge in [-0.05, 0) is 45.0 Å². The van der Waals surface area contributed by atoms with Crippen LogP contribution in [0.4, 0.5) is 0 Å². The zero-order valence-corrected chi connectivity index (χ0v) is 14.2. The van der Waals surface area contributed by atoms with Crippen LogP contribution in [-0.4, -0.2) is 39.0 Å². The molecule has 2 aromatic rings. The molecule has 0 radical (unpaired) electrons. The number of rotatable bonds is 5. The second-order valence-corrected chi connectivity index (χ2v) is 6.32. The zero-order chi connectivity index (χ0) is 17.1. The number of carboxylic acid groups (broad SMARTS) is 1. The number of piperidine rings is 1. The van der Waals surface area contributed by atoms with E-state index in [0.29, 0.717) is 12.3 Å². The minimum absolute atomic E-state index is 0.0323. The number of hydrogen-bond donors (Lipinski definition) is 1. The molecular weight excluding hydrogens is 306 g/mol. The van der Waals surface area contributed by atoms with Crippen molar-refractivity contribution in [1.82, 2.24) is 14.9 Å². The Kier molecular flexibility index (Phi) is 4.94. The average Bonchev–Trinajstić information content (AvgIpc) is 2.99. The molecule has 3 heterocycles. The highest BCUT2D eigenvalue weighted by molar-refractivity contribution is 5.84. The lowest BCUT2D eigenvalue weighted by Crippen LogP contribution is -2.33. The summed E-state index contributed by atoms with van der Waals surface area (Å²) in [6, 6.07) is 3.58. The van der Waals surface area contributed by atoms with Gasteiger partial charge in [-0.1, -0.05) is 6.92 Å². The molecule has 0 amide bonds. The molecule has 1 saturated heterocycles. The Morgan fingerprint density at radius 2 is 2.17 bits per heavy atom. The quantitative estimate of drug-likeness (QED) is 0.908. The lowest BCUT2D eigenvalue weighted by molar-refractivity contribution is 0.0660. The Balaban J connectivity index is 1.62. The largest absolute Gasteiger partial charge is 0.475 e. The predicted octanol–water partition coefficient (Wildman–Crippen LogP) is 3.02. The minimum Gasteiger partial charge on any atom is -0.475 e. The van der Waals surface area contributed by atoms with E-state index in [1.165, 1.54) is 0 Å². The van der Waals surface area contributed by atoms with Crippen molar-refractivity contribution in [2.75, 3.05) is 13.1 Å². The Labute approximate surface area is 141 Å². The molecule has 1 aliphatic rings. The van der Waals surface area contributed by atoms with Crippen molar-refractivity contribution in [2.45, 2.75) is 45.6 Å². The normalized spacial score (nSPS) is 16.4. The van der Waals surface area contributed by atoms with E-state index in [-0.39, 0.29) is 5.76 Å². The van der Waals surface area contributed by atoms with Gasteiger partial charge in [0.15, 0.2) is 0 Å². The smallest absolute Gasteiger partial charge is 0.371 e. The number of furan rings is 1. The number of aryl methyl sites for hydroxylation is 2. The van der Waals surface area contributed by atoms with Crippen molar-refractivity contribution in [3.63, 3.8) is 0 Å². The first kappa shape index (κ1) is 16.6. The summed E-state index contributed by atoms with van der Waals surface area (Å²) >= 11 is 0. The van der Waals surface area contributed by atoms with Crippen molar-refractivity contribution < 1.29 is 14.3 Å². The van der Waals surface area contributed by atoms with Gasteiger partial charge in [-0.3, -0.25) is 4.90 Å². The van der Waals surface area contributed by atoms with Gasteiger partial charge in [-0.2, -0.15) is 0 Å². The Bertz CT molecular complexity index is 718. The van der Waals surface area contributed by atoms with Crippen LogP contribution in [0.2, 0.25) is 0 Å². The highest BCUT2D eigenvalue weighted by Crippen LogP contribution is 2.27. The lowest BCUT2D eigenvalue weighted by Gasteiger charge is -2.31. The number of carboxylic acids is 1. The summed E-state index contributed by atoms with van der Waals surface area (Å²) in [5.74, 6) is 1.15. The van der Waals surface area contributed by atoms with E-state index in [1.807, 2.05) is 26.1 Å². The third-order valence-corrected chi connectivity index (χ3v) is 4.59. The molecule has 0 bridgehead atoms. The first-order chi connectivity index (χ1) is 11.6. The fourth-order valence-corrected chi connectivity index (χ4v) is 3.26. The molecule has 6 heteroatoms.